The monoisotopic (exact) mass is 348 g/mol. The van der Waals surface area contributed by atoms with Crippen LogP contribution in [-0.2, 0) is 14.8 Å². The van der Waals surface area contributed by atoms with Gasteiger partial charge in [0.1, 0.15) is 0 Å². The fourth-order valence-corrected chi connectivity index (χ4v) is 4.70. The van der Waals surface area contributed by atoms with E-state index in [0.29, 0.717) is 23.3 Å². The van der Waals surface area contributed by atoms with Crippen LogP contribution in [0.15, 0.2) is 27.6 Å². The molecule has 19 heavy (non-hydrogen) atoms. The Morgan fingerprint density at radius 1 is 1.42 bits per heavy atom. The standard InChI is InChI=1S/C12H17BrN2O3S/c1-8-7-18-9(2)6-15(8)19(16,17)12-5-10(14)3-4-11(12)13/h3-5,8-9H,6-7,14H2,1-2H3. The van der Waals surface area contributed by atoms with Crippen molar-refractivity contribution in [2.45, 2.75) is 30.9 Å². The number of halogens is 1. The number of rotatable bonds is 2. The fourth-order valence-electron chi connectivity index (χ4n) is 2.05. The zero-order chi connectivity index (χ0) is 14.2. The summed E-state index contributed by atoms with van der Waals surface area (Å²) in [7, 11) is -3.57. The number of nitrogens with zero attached hydrogens (tertiary/aromatic N) is 1. The van der Waals surface area contributed by atoms with E-state index in [9.17, 15) is 8.42 Å². The first-order valence-corrected chi connectivity index (χ1v) is 8.24. The lowest BCUT2D eigenvalue weighted by Crippen LogP contribution is -2.50. The summed E-state index contributed by atoms with van der Waals surface area (Å²) in [6, 6.07) is 4.60. The van der Waals surface area contributed by atoms with Gasteiger partial charge in [-0.15, -0.1) is 0 Å². The maximum atomic E-state index is 12.7. The lowest BCUT2D eigenvalue weighted by Gasteiger charge is -2.35. The van der Waals surface area contributed by atoms with E-state index in [1.807, 2.05) is 13.8 Å². The van der Waals surface area contributed by atoms with Crippen molar-refractivity contribution in [3.63, 3.8) is 0 Å². The number of hydrogen-bond donors (Lipinski definition) is 1. The van der Waals surface area contributed by atoms with Crippen LogP contribution in [0.25, 0.3) is 0 Å². The molecule has 0 amide bonds. The third kappa shape index (κ3) is 2.94. The summed E-state index contributed by atoms with van der Waals surface area (Å²) < 4.78 is 32.9. The van der Waals surface area contributed by atoms with Crippen molar-refractivity contribution in [1.29, 1.82) is 0 Å². The van der Waals surface area contributed by atoms with Gasteiger partial charge in [0.15, 0.2) is 0 Å². The van der Waals surface area contributed by atoms with Crippen LogP contribution in [0.1, 0.15) is 13.8 Å². The van der Waals surface area contributed by atoms with Crippen LogP contribution in [-0.4, -0.2) is 38.0 Å². The molecule has 0 aromatic heterocycles. The van der Waals surface area contributed by atoms with Crippen LogP contribution in [0.4, 0.5) is 5.69 Å². The molecule has 1 heterocycles. The first-order chi connectivity index (χ1) is 8.82. The maximum Gasteiger partial charge on any atom is 0.244 e. The molecule has 106 valence electrons. The van der Waals surface area contributed by atoms with Crippen molar-refractivity contribution in [1.82, 2.24) is 4.31 Å². The van der Waals surface area contributed by atoms with Crippen molar-refractivity contribution in [3.8, 4) is 0 Å². The highest BCUT2D eigenvalue weighted by Gasteiger charge is 2.35. The fraction of sp³-hybridized carbons (Fsp3) is 0.500. The Morgan fingerprint density at radius 2 is 2.11 bits per heavy atom. The molecule has 2 unspecified atom stereocenters. The maximum absolute atomic E-state index is 12.7. The Labute approximate surface area is 121 Å². The summed E-state index contributed by atoms with van der Waals surface area (Å²) in [4.78, 5) is 0.202. The molecule has 1 aromatic carbocycles. The lowest BCUT2D eigenvalue weighted by atomic mass is 10.2. The topological polar surface area (TPSA) is 72.6 Å². The summed E-state index contributed by atoms with van der Waals surface area (Å²) in [5, 5.41) is 0. The normalized spacial score (nSPS) is 25.4. The zero-order valence-electron chi connectivity index (χ0n) is 10.8. The molecule has 2 rings (SSSR count). The molecule has 1 aromatic rings. The third-order valence-electron chi connectivity index (χ3n) is 3.09. The summed E-state index contributed by atoms with van der Waals surface area (Å²) in [6.45, 7) is 4.46. The SMILES string of the molecule is CC1CN(S(=O)(=O)c2cc(N)ccc2Br)C(C)CO1. The number of anilines is 1. The average Bonchev–Trinajstić information content (AvgIpc) is 2.35. The minimum absolute atomic E-state index is 0.106. The van der Waals surface area contributed by atoms with Crippen LogP contribution in [0.2, 0.25) is 0 Å². The number of hydrogen-bond acceptors (Lipinski definition) is 4. The molecule has 0 aliphatic carbocycles. The molecule has 1 aliphatic rings. The summed E-state index contributed by atoms with van der Waals surface area (Å²) >= 11 is 3.28. The van der Waals surface area contributed by atoms with Gasteiger partial charge in [0.25, 0.3) is 0 Å². The van der Waals surface area contributed by atoms with Gasteiger partial charge < -0.3 is 10.5 Å². The summed E-state index contributed by atoms with van der Waals surface area (Å²) in [5.41, 5.74) is 6.11. The molecule has 1 aliphatic heterocycles. The molecule has 7 heteroatoms. The van der Waals surface area contributed by atoms with Crippen LogP contribution >= 0.6 is 15.9 Å². The van der Waals surface area contributed by atoms with E-state index in [0.717, 1.165) is 0 Å². The number of morpholine rings is 1. The Hall–Kier alpha value is -0.630. The minimum atomic E-state index is -3.57. The van der Waals surface area contributed by atoms with Crippen molar-refractivity contribution in [2.75, 3.05) is 18.9 Å². The predicted molar refractivity (Wildman–Crippen MR) is 77.3 cm³/mol. The van der Waals surface area contributed by atoms with E-state index in [4.69, 9.17) is 10.5 Å². The number of nitrogens with two attached hydrogens (primary N) is 1. The Morgan fingerprint density at radius 3 is 2.79 bits per heavy atom. The highest BCUT2D eigenvalue weighted by molar-refractivity contribution is 9.10. The first-order valence-electron chi connectivity index (χ1n) is 6.01. The minimum Gasteiger partial charge on any atom is -0.399 e. The summed E-state index contributed by atoms with van der Waals surface area (Å²) in [5.74, 6) is 0. The Balaban J connectivity index is 2.44. The van der Waals surface area contributed by atoms with E-state index in [-0.39, 0.29) is 17.0 Å². The van der Waals surface area contributed by atoms with Gasteiger partial charge in [-0.05, 0) is 48.0 Å². The highest BCUT2D eigenvalue weighted by atomic mass is 79.9. The quantitative estimate of drug-likeness (QED) is 0.827. The van der Waals surface area contributed by atoms with E-state index in [1.165, 1.54) is 10.4 Å². The zero-order valence-corrected chi connectivity index (χ0v) is 13.2. The van der Waals surface area contributed by atoms with E-state index < -0.39 is 10.0 Å². The van der Waals surface area contributed by atoms with Gasteiger partial charge in [-0.3, -0.25) is 0 Å². The van der Waals surface area contributed by atoms with Crippen molar-refractivity contribution < 1.29 is 13.2 Å². The second kappa shape index (κ2) is 5.40. The van der Waals surface area contributed by atoms with Gasteiger partial charge in [-0.2, -0.15) is 4.31 Å². The Bertz CT molecular complexity index is 576. The number of sulfonamides is 1. The highest BCUT2D eigenvalue weighted by Crippen LogP contribution is 2.29. The average molecular weight is 349 g/mol. The van der Waals surface area contributed by atoms with Crippen molar-refractivity contribution in [2.24, 2.45) is 0 Å². The molecular formula is C12H17BrN2O3S. The third-order valence-corrected chi connectivity index (χ3v) is 6.07. The van der Waals surface area contributed by atoms with Crippen LogP contribution < -0.4 is 5.73 Å². The smallest absolute Gasteiger partial charge is 0.244 e. The van der Waals surface area contributed by atoms with Crippen molar-refractivity contribution in [3.05, 3.63) is 22.7 Å². The molecule has 2 N–H and O–H groups in total. The van der Waals surface area contributed by atoms with E-state index in [2.05, 4.69) is 15.9 Å². The molecule has 0 spiro atoms. The predicted octanol–water partition coefficient (Wildman–Crippen LogP) is 1.83. The van der Waals surface area contributed by atoms with E-state index >= 15 is 0 Å². The number of nitrogen functional groups attached to an aromatic ring is 1. The lowest BCUT2D eigenvalue weighted by molar-refractivity contribution is -0.0170. The van der Waals surface area contributed by atoms with Gasteiger partial charge in [0, 0.05) is 22.7 Å². The molecular weight excluding hydrogens is 332 g/mol. The van der Waals surface area contributed by atoms with Crippen LogP contribution in [0.3, 0.4) is 0 Å². The Kier molecular flexibility index (Phi) is 4.20. The molecule has 0 bridgehead atoms. The molecule has 0 saturated carbocycles. The van der Waals surface area contributed by atoms with Gasteiger partial charge >= 0.3 is 0 Å². The van der Waals surface area contributed by atoms with Crippen LogP contribution in [0.5, 0.6) is 0 Å². The van der Waals surface area contributed by atoms with Gasteiger partial charge in [0.05, 0.1) is 17.6 Å². The molecule has 5 nitrogen and oxygen atoms in total. The second-order valence-electron chi connectivity index (χ2n) is 4.76. The second-order valence-corrected chi connectivity index (χ2v) is 7.47. The number of ether oxygens (including phenoxy) is 1. The molecule has 0 radical (unpaired) electrons. The van der Waals surface area contributed by atoms with Gasteiger partial charge in [-0.1, -0.05) is 0 Å². The number of benzene rings is 1. The van der Waals surface area contributed by atoms with E-state index in [1.54, 1.807) is 12.1 Å². The van der Waals surface area contributed by atoms with Gasteiger partial charge in [-0.25, -0.2) is 8.42 Å². The first kappa shape index (κ1) is 14.8. The van der Waals surface area contributed by atoms with Crippen LogP contribution in [0, 0.1) is 0 Å². The molecule has 1 fully saturated rings. The van der Waals surface area contributed by atoms with Gasteiger partial charge in [0.2, 0.25) is 10.0 Å². The largest absolute Gasteiger partial charge is 0.399 e. The molecule has 2 atom stereocenters. The summed E-state index contributed by atoms with van der Waals surface area (Å²) in [6.07, 6.45) is -0.106. The van der Waals surface area contributed by atoms with Crippen molar-refractivity contribution >= 4 is 31.6 Å². The molecule has 1 saturated heterocycles.